The highest BCUT2D eigenvalue weighted by Gasteiger charge is 2.29. The number of aromatic nitrogens is 3. The fourth-order valence-corrected chi connectivity index (χ4v) is 2.69. The van der Waals surface area contributed by atoms with E-state index in [0.717, 1.165) is 25.0 Å². The molecule has 0 bridgehead atoms. The number of carbonyl (C=O) groups is 1. The largest absolute Gasteiger partial charge is 0.416 e. The first-order valence-corrected chi connectivity index (χ1v) is 8.80. The lowest BCUT2D eigenvalue weighted by atomic mass is 10.1. The fraction of sp³-hybridized carbons (Fsp3) is 0.250. The molecule has 0 unspecified atom stereocenters. The van der Waals surface area contributed by atoms with E-state index in [2.05, 4.69) is 27.8 Å². The average molecular weight is 388 g/mol. The van der Waals surface area contributed by atoms with Crippen molar-refractivity contribution in [1.82, 2.24) is 20.3 Å². The van der Waals surface area contributed by atoms with E-state index in [9.17, 15) is 18.0 Å². The van der Waals surface area contributed by atoms with E-state index in [1.165, 1.54) is 17.7 Å². The van der Waals surface area contributed by atoms with Crippen LogP contribution in [0.1, 0.15) is 33.6 Å². The van der Waals surface area contributed by atoms with Crippen LogP contribution in [-0.2, 0) is 25.7 Å². The number of rotatable bonds is 7. The van der Waals surface area contributed by atoms with Gasteiger partial charge in [-0.3, -0.25) is 9.48 Å². The number of aryl methyl sites for hydroxylation is 2. The zero-order valence-corrected chi connectivity index (χ0v) is 15.0. The average Bonchev–Trinajstić information content (AvgIpc) is 3.16. The first kappa shape index (κ1) is 19.6. The summed E-state index contributed by atoms with van der Waals surface area (Å²) in [4.78, 5) is 12.1. The number of hydrogen-bond donors (Lipinski definition) is 1. The van der Waals surface area contributed by atoms with Gasteiger partial charge in [-0.25, -0.2) is 0 Å². The molecule has 1 aromatic heterocycles. The second-order valence-electron chi connectivity index (χ2n) is 6.33. The van der Waals surface area contributed by atoms with Gasteiger partial charge in [0.15, 0.2) is 5.69 Å². The molecule has 0 aliphatic heterocycles. The van der Waals surface area contributed by atoms with Crippen molar-refractivity contribution in [2.45, 2.75) is 32.1 Å². The molecule has 0 aliphatic rings. The van der Waals surface area contributed by atoms with E-state index in [1.54, 1.807) is 10.9 Å². The molecule has 0 aliphatic carbocycles. The van der Waals surface area contributed by atoms with Gasteiger partial charge in [-0.15, -0.1) is 5.10 Å². The Labute approximate surface area is 160 Å². The van der Waals surface area contributed by atoms with Crippen LogP contribution in [-0.4, -0.2) is 20.9 Å². The van der Waals surface area contributed by atoms with Crippen molar-refractivity contribution < 1.29 is 18.0 Å². The summed E-state index contributed by atoms with van der Waals surface area (Å²) >= 11 is 0. The van der Waals surface area contributed by atoms with Gasteiger partial charge in [0.1, 0.15) is 0 Å². The second-order valence-corrected chi connectivity index (χ2v) is 6.33. The van der Waals surface area contributed by atoms with Gasteiger partial charge >= 0.3 is 6.18 Å². The molecule has 28 heavy (non-hydrogen) atoms. The fourth-order valence-electron chi connectivity index (χ4n) is 2.69. The van der Waals surface area contributed by atoms with Crippen LogP contribution in [0.25, 0.3) is 0 Å². The predicted molar refractivity (Wildman–Crippen MR) is 97.4 cm³/mol. The number of nitrogens with one attached hydrogen (secondary N) is 1. The highest BCUT2D eigenvalue weighted by molar-refractivity contribution is 5.91. The summed E-state index contributed by atoms with van der Waals surface area (Å²) in [6.45, 7) is 0.742. The lowest BCUT2D eigenvalue weighted by molar-refractivity contribution is -0.137. The van der Waals surface area contributed by atoms with E-state index in [0.29, 0.717) is 12.1 Å². The Balaban J connectivity index is 1.47. The van der Waals surface area contributed by atoms with E-state index in [1.807, 2.05) is 18.2 Å². The predicted octanol–water partition coefficient (Wildman–Crippen LogP) is 3.86. The summed E-state index contributed by atoms with van der Waals surface area (Å²) in [5.74, 6) is -0.422. The van der Waals surface area contributed by atoms with Gasteiger partial charge in [-0.2, -0.15) is 13.2 Å². The summed E-state index contributed by atoms with van der Waals surface area (Å²) in [7, 11) is 0. The molecule has 2 aromatic carbocycles. The molecule has 0 saturated heterocycles. The maximum absolute atomic E-state index is 12.6. The highest BCUT2D eigenvalue weighted by Crippen LogP contribution is 2.29. The van der Waals surface area contributed by atoms with E-state index in [-0.39, 0.29) is 12.2 Å². The van der Waals surface area contributed by atoms with Gasteiger partial charge in [0.2, 0.25) is 0 Å². The number of benzene rings is 2. The lowest BCUT2D eigenvalue weighted by Crippen LogP contribution is -2.23. The Hall–Kier alpha value is -3.16. The summed E-state index contributed by atoms with van der Waals surface area (Å²) in [6.07, 6.45) is -1.05. The van der Waals surface area contributed by atoms with Gasteiger partial charge in [0.25, 0.3) is 5.91 Å². The number of carbonyl (C=O) groups excluding carboxylic acids is 1. The molecule has 1 N–H and O–H groups in total. The molecular formula is C20H19F3N4O. The Morgan fingerprint density at radius 3 is 2.39 bits per heavy atom. The first-order valence-electron chi connectivity index (χ1n) is 8.80. The van der Waals surface area contributed by atoms with Gasteiger partial charge in [-0.1, -0.05) is 47.7 Å². The van der Waals surface area contributed by atoms with Crippen LogP contribution in [0.4, 0.5) is 13.2 Å². The monoisotopic (exact) mass is 388 g/mol. The van der Waals surface area contributed by atoms with Crippen LogP contribution < -0.4 is 5.32 Å². The minimum absolute atomic E-state index is 0.109. The minimum Gasteiger partial charge on any atom is -0.347 e. The molecule has 0 spiro atoms. The number of halogens is 3. The molecule has 0 fully saturated rings. The molecule has 5 nitrogen and oxygen atoms in total. The molecule has 1 amide bonds. The number of amides is 1. The molecule has 0 atom stereocenters. The molecule has 146 valence electrons. The molecule has 3 rings (SSSR count). The second kappa shape index (κ2) is 8.69. The third-order valence-corrected chi connectivity index (χ3v) is 4.20. The zero-order chi connectivity index (χ0) is 20.0. The Kier molecular flexibility index (Phi) is 6.08. The number of hydrogen-bond acceptors (Lipinski definition) is 3. The zero-order valence-electron chi connectivity index (χ0n) is 15.0. The third kappa shape index (κ3) is 5.42. The molecular weight excluding hydrogens is 369 g/mol. The van der Waals surface area contributed by atoms with Crippen molar-refractivity contribution in [3.05, 3.63) is 83.2 Å². The molecule has 3 aromatic rings. The maximum atomic E-state index is 12.6. The summed E-state index contributed by atoms with van der Waals surface area (Å²) in [5.41, 5.74) is 1.25. The molecule has 0 radical (unpaired) electrons. The van der Waals surface area contributed by atoms with Gasteiger partial charge in [-0.05, 0) is 36.1 Å². The third-order valence-electron chi connectivity index (χ3n) is 4.20. The molecule has 8 heteroatoms. The first-order chi connectivity index (χ1) is 13.4. The maximum Gasteiger partial charge on any atom is 0.416 e. The summed E-state index contributed by atoms with van der Waals surface area (Å²) < 4.78 is 39.3. The quantitative estimate of drug-likeness (QED) is 0.669. The van der Waals surface area contributed by atoms with Crippen molar-refractivity contribution in [1.29, 1.82) is 0 Å². The Morgan fingerprint density at radius 1 is 1.00 bits per heavy atom. The topological polar surface area (TPSA) is 59.8 Å². The van der Waals surface area contributed by atoms with Crippen molar-refractivity contribution in [2.75, 3.05) is 0 Å². The van der Waals surface area contributed by atoms with Crippen LogP contribution in [0, 0.1) is 0 Å². The number of nitrogens with zero attached hydrogens (tertiary/aromatic N) is 3. The van der Waals surface area contributed by atoms with Crippen molar-refractivity contribution in [2.24, 2.45) is 0 Å². The molecule has 0 saturated carbocycles. The van der Waals surface area contributed by atoms with E-state index >= 15 is 0 Å². The van der Waals surface area contributed by atoms with E-state index < -0.39 is 17.6 Å². The van der Waals surface area contributed by atoms with Gasteiger partial charge < -0.3 is 5.32 Å². The van der Waals surface area contributed by atoms with Gasteiger partial charge in [0, 0.05) is 13.1 Å². The smallest absolute Gasteiger partial charge is 0.347 e. The van der Waals surface area contributed by atoms with Crippen molar-refractivity contribution >= 4 is 5.91 Å². The number of alkyl halides is 3. The molecule has 1 heterocycles. The van der Waals surface area contributed by atoms with Crippen LogP contribution in [0.2, 0.25) is 0 Å². The normalized spacial score (nSPS) is 11.4. The Morgan fingerprint density at radius 2 is 1.71 bits per heavy atom. The standard InChI is InChI=1S/C20H19F3N4O/c21-20(22,23)17-10-8-16(9-11-17)13-24-19(28)18-14-27(26-25-18)12-4-7-15-5-2-1-3-6-15/h1-3,5-6,8-11,14H,4,7,12-13H2,(H,24,28). The van der Waals surface area contributed by atoms with Crippen LogP contribution in [0.3, 0.4) is 0 Å². The van der Waals surface area contributed by atoms with Crippen molar-refractivity contribution in [3.63, 3.8) is 0 Å². The Bertz CT molecular complexity index is 905. The lowest BCUT2D eigenvalue weighted by Gasteiger charge is -2.08. The summed E-state index contributed by atoms with van der Waals surface area (Å²) in [5, 5.41) is 10.4. The summed E-state index contributed by atoms with van der Waals surface area (Å²) in [6, 6.07) is 14.7. The van der Waals surface area contributed by atoms with Gasteiger partial charge in [0.05, 0.1) is 11.8 Å². The minimum atomic E-state index is -4.37. The van der Waals surface area contributed by atoms with Crippen molar-refractivity contribution in [3.8, 4) is 0 Å². The van der Waals surface area contributed by atoms with Crippen LogP contribution in [0.5, 0.6) is 0 Å². The van der Waals surface area contributed by atoms with Crippen LogP contribution in [0.15, 0.2) is 60.8 Å². The van der Waals surface area contributed by atoms with Crippen LogP contribution >= 0.6 is 0 Å². The highest BCUT2D eigenvalue weighted by atomic mass is 19.4. The SMILES string of the molecule is O=C(NCc1ccc(C(F)(F)F)cc1)c1cn(CCCc2ccccc2)nn1. The van der Waals surface area contributed by atoms with E-state index in [4.69, 9.17) is 0 Å².